The Hall–Kier alpha value is -2.35. The fourth-order valence-corrected chi connectivity index (χ4v) is 3.27. The summed E-state index contributed by atoms with van der Waals surface area (Å²) in [7, 11) is 0. The molecule has 9 heteroatoms. The van der Waals surface area contributed by atoms with Crippen molar-refractivity contribution < 1.29 is 14.3 Å². The Morgan fingerprint density at radius 1 is 1.00 bits per heavy atom. The zero-order valence-corrected chi connectivity index (χ0v) is 19.7. The van der Waals surface area contributed by atoms with Crippen molar-refractivity contribution in [1.29, 1.82) is 0 Å². The number of halogens is 2. The van der Waals surface area contributed by atoms with Gasteiger partial charge >= 0.3 is 0 Å². The molecule has 2 aromatic rings. The molecule has 0 aliphatic heterocycles. The van der Waals surface area contributed by atoms with Crippen molar-refractivity contribution in [2.75, 3.05) is 17.2 Å². The maximum absolute atomic E-state index is 12.0. The number of rotatable bonds is 9. The smallest absolute Gasteiger partial charge is 0.226 e. The number of carbonyl (C=O) groups excluding carboxylic acids is 2. The van der Waals surface area contributed by atoms with Crippen molar-refractivity contribution in [2.45, 2.75) is 33.1 Å². The molecule has 0 radical (unpaired) electrons. The summed E-state index contributed by atoms with van der Waals surface area (Å²) in [6, 6.07) is 12.0. The molecule has 2 rings (SSSR count). The predicted molar refractivity (Wildman–Crippen MR) is 130 cm³/mol. The van der Waals surface area contributed by atoms with Crippen molar-refractivity contribution in [2.24, 2.45) is 5.92 Å². The van der Waals surface area contributed by atoms with Gasteiger partial charge in [-0.3, -0.25) is 9.59 Å². The third-order valence-corrected chi connectivity index (χ3v) is 4.71. The Bertz CT molecular complexity index is 921. The lowest BCUT2D eigenvalue weighted by Gasteiger charge is -2.11. The highest BCUT2D eigenvalue weighted by Gasteiger charge is 2.08. The predicted octanol–water partition coefficient (Wildman–Crippen LogP) is 5.65. The Morgan fingerprint density at radius 2 is 1.65 bits per heavy atom. The van der Waals surface area contributed by atoms with Gasteiger partial charge in [-0.15, -0.1) is 0 Å². The lowest BCUT2D eigenvalue weighted by Crippen LogP contribution is -2.34. The minimum Gasteiger partial charge on any atom is -0.492 e. The van der Waals surface area contributed by atoms with Crippen molar-refractivity contribution in [3.8, 4) is 5.75 Å². The van der Waals surface area contributed by atoms with Crippen LogP contribution in [0.5, 0.6) is 5.75 Å². The van der Waals surface area contributed by atoms with Crippen LogP contribution >= 0.6 is 35.4 Å². The van der Waals surface area contributed by atoms with Gasteiger partial charge in [-0.1, -0.05) is 37.0 Å². The number of carbonyl (C=O) groups is 2. The van der Waals surface area contributed by atoms with E-state index in [0.29, 0.717) is 52.5 Å². The molecule has 0 aromatic heterocycles. The van der Waals surface area contributed by atoms with Gasteiger partial charge in [0.2, 0.25) is 11.8 Å². The average molecular weight is 482 g/mol. The van der Waals surface area contributed by atoms with Gasteiger partial charge in [0.25, 0.3) is 0 Å². The number of benzene rings is 2. The van der Waals surface area contributed by atoms with Crippen molar-refractivity contribution in [1.82, 2.24) is 5.32 Å². The number of ether oxygens (including phenoxy) is 1. The first kappa shape index (κ1) is 24.9. The fraction of sp³-hybridized carbons (Fsp3) is 0.318. The van der Waals surface area contributed by atoms with E-state index in [1.54, 1.807) is 42.5 Å². The van der Waals surface area contributed by atoms with E-state index in [4.69, 9.17) is 40.2 Å². The van der Waals surface area contributed by atoms with Crippen molar-refractivity contribution in [3.63, 3.8) is 0 Å². The van der Waals surface area contributed by atoms with Gasteiger partial charge in [0.1, 0.15) is 5.75 Å². The van der Waals surface area contributed by atoms with E-state index >= 15 is 0 Å². The van der Waals surface area contributed by atoms with E-state index in [2.05, 4.69) is 16.0 Å². The minimum atomic E-state index is -0.221. The summed E-state index contributed by atoms with van der Waals surface area (Å²) in [5.41, 5.74) is 1.40. The Kier molecular flexibility index (Phi) is 10.0. The zero-order valence-electron chi connectivity index (χ0n) is 17.3. The maximum Gasteiger partial charge on any atom is 0.226 e. The molecule has 0 unspecified atom stereocenters. The second-order valence-electron chi connectivity index (χ2n) is 7.25. The molecule has 0 saturated heterocycles. The molecule has 0 spiro atoms. The summed E-state index contributed by atoms with van der Waals surface area (Å²) in [6.07, 6.45) is 1.21. The van der Waals surface area contributed by atoms with Crippen molar-refractivity contribution in [3.05, 3.63) is 52.5 Å². The largest absolute Gasteiger partial charge is 0.492 e. The number of hydrogen-bond donors (Lipinski definition) is 3. The van der Waals surface area contributed by atoms with E-state index in [9.17, 15) is 9.59 Å². The van der Waals surface area contributed by atoms with Crippen LogP contribution in [0.3, 0.4) is 0 Å². The van der Waals surface area contributed by atoms with Crippen LogP contribution in [0.1, 0.15) is 33.1 Å². The molecule has 0 fully saturated rings. The van der Waals surface area contributed by atoms with E-state index in [1.807, 2.05) is 13.8 Å². The lowest BCUT2D eigenvalue weighted by atomic mass is 10.1. The number of amides is 2. The van der Waals surface area contributed by atoms with Crippen LogP contribution in [0.25, 0.3) is 0 Å². The molecule has 0 bridgehead atoms. The molecular weight excluding hydrogens is 457 g/mol. The summed E-state index contributed by atoms with van der Waals surface area (Å²) in [5.74, 6) is 0.568. The van der Waals surface area contributed by atoms with Gasteiger partial charge in [0, 0.05) is 29.2 Å². The van der Waals surface area contributed by atoms with E-state index < -0.39 is 0 Å². The molecule has 0 aliphatic carbocycles. The van der Waals surface area contributed by atoms with E-state index in [-0.39, 0.29) is 23.3 Å². The summed E-state index contributed by atoms with van der Waals surface area (Å²) >= 11 is 17.1. The second kappa shape index (κ2) is 12.5. The van der Waals surface area contributed by atoms with Crippen LogP contribution in [0.15, 0.2) is 42.5 Å². The monoisotopic (exact) mass is 481 g/mol. The Morgan fingerprint density at radius 3 is 2.26 bits per heavy atom. The van der Waals surface area contributed by atoms with Crippen LogP contribution in [-0.2, 0) is 9.59 Å². The first-order valence-electron chi connectivity index (χ1n) is 9.81. The van der Waals surface area contributed by atoms with Gasteiger partial charge < -0.3 is 20.7 Å². The number of thiocarbonyl (C=S) groups is 1. The summed E-state index contributed by atoms with van der Waals surface area (Å²) in [5, 5.41) is 9.56. The van der Waals surface area contributed by atoms with E-state index in [0.717, 1.165) is 0 Å². The first-order valence-corrected chi connectivity index (χ1v) is 11.0. The fourth-order valence-electron chi connectivity index (χ4n) is 2.58. The highest BCUT2D eigenvalue weighted by molar-refractivity contribution is 7.80. The quantitative estimate of drug-likeness (QED) is 0.318. The molecule has 3 N–H and O–H groups in total. The summed E-state index contributed by atoms with van der Waals surface area (Å²) in [6.45, 7) is 4.31. The highest BCUT2D eigenvalue weighted by Crippen LogP contribution is 2.27. The Balaban J connectivity index is 1.69. The SMILES string of the molecule is CC(C)CC(=O)Nc1ccc(NC(=S)NC(=O)CCCOc2ccc(Cl)cc2Cl)cc1. The summed E-state index contributed by atoms with van der Waals surface area (Å²) in [4.78, 5) is 23.9. The molecule has 0 saturated carbocycles. The number of hydrogen-bond acceptors (Lipinski definition) is 4. The second-order valence-corrected chi connectivity index (χ2v) is 8.50. The molecule has 0 atom stereocenters. The van der Waals surface area contributed by atoms with Gasteiger partial charge in [0.15, 0.2) is 5.11 Å². The van der Waals surface area contributed by atoms with Crippen LogP contribution in [0, 0.1) is 5.92 Å². The number of anilines is 2. The lowest BCUT2D eigenvalue weighted by molar-refractivity contribution is -0.120. The molecule has 0 aliphatic rings. The summed E-state index contributed by atoms with van der Waals surface area (Å²) < 4.78 is 5.55. The third-order valence-electron chi connectivity index (χ3n) is 3.97. The average Bonchev–Trinajstić information content (AvgIpc) is 2.67. The molecule has 6 nitrogen and oxygen atoms in total. The third kappa shape index (κ3) is 9.55. The topological polar surface area (TPSA) is 79.5 Å². The van der Waals surface area contributed by atoms with Crippen molar-refractivity contribution >= 4 is 63.7 Å². The van der Waals surface area contributed by atoms with Gasteiger partial charge in [-0.25, -0.2) is 0 Å². The standard InChI is InChI=1S/C22H25Cl2N3O3S/c1-14(2)12-21(29)25-16-6-8-17(9-7-16)26-22(31)27-20(28)4-3-11-30-19-10-5-15(23)13-18(19)24/h5-10,13-14H,3-4,11-12H2,1-2H3,(H,25,29)(H2,26,27,28,31). The molecule has 31 heavy (non-hydrogen) atoms. The Labute approximate surface area is 197 Å². The van der Waals surface area contributed by atoms with Crippen LogP contribution < -0.4 is 20.7 Å². The van der Waals surface area contributed by atoms with Crippen LogP contribution in [0.2, 0.25) is 10.0 Å². The molecule has 166 valence electrons. The normalized spacial score (nSPS) is 10.5. The van der Waals surface area contributed by atoms with Crippen LogP contribution in [0.4, 0.5) is 11.4 Å². The highest BCUT2D eigenvalue weighted by atomic mass is 35.5. The van der Waals surface area contributed by atoms with Crippen LogP contribution in [-0.4, -0.2) is 23.5 Å². The van der Waals surface area contributed by atoms with E-state index in [1.165, 1.54) is 0 Å². The van der Waals surface area contributed by atoms with Gasteiger partial charge in [-0.05, 0) is 67.0 Å². The first-order chi connectivity index (χ1) is 14.7. The minimum absolute atomic E-state index is 0.0270. The molecule has 2 amide bonds. The zero-order chi connectivity index (χ0) is 22.8. The molecule has 2 aromatic carbocycles. The van der Waals surface area contributed by atoms with Gasteiger partial charge in [0.05, 0.1) is 11.6 Å². The maximum atomic E-state index is 12.0. The van der Waals surface area contributed by atoms with Gasteiger partial charge in [-0.2, -0.15) is 0 Å². The molecule has 0 heterocycles. The number of nitrogens with one attached hydrogen (secondary N) is 3. The molecular formula is C22H25Cl2N3O3S.